The van der Waals surface area contributed by atoms with E-state index in [1.54, 1.807) is 0 Å². The molecule has 0 saturated carbocycles. The Morgan fingerprint density at radius 1 is 0.824 bits per heavy atom. The summed E-state index contributed by atoms with van der Waals surface area (Å²) in [5.74, 6) is 0. The second kappa shape index (κ2) is 15.0. The molecule has 0 unspecified atom stereocenters. The number of fused-ring (bicyclic) bond motifs is 1. The fourth-order valence-corrected chi connectivity index (χ4v) is 4.13. The zero-order valence-electron chi connectivity index (χ0n) is 19.9. The number of rotatable bonds is 2. The van der Waals surface area contributed by atoms with Crippen LogP contribution in [0.4, 0.5) is 0 Å². The summed E-state index contributed by atoms with van der Waals surface area (Å²) in [5, 5.41) is 2.66. The first-order chi connectivity index (χ1) is 15.5. The third kappa shape index (κ3) is 8.93. The van der Waals surface area contributed by atoms with E-state index in [0.29, 0.717) is 0 Å². The van der Waals surface area contributed by atoms with Crippen LogP contribution in [0.3, 0.4) is 0 Å². The molecule has 0 spiro atoms. The first-order valence-electron chi connectivity index (χ1n) is 11.0. The molecular weight excluding hydrogens is 491 g/mol. The molecule has 0 saturated heterocycles. The average molecular weight is 521 g/mol. The van der Waals surface area contributed by atoms with Gasteiger partial charge >= 0.3 is 121 Å². The van der Waals surface area contributed by atoms with Crippen LogP contribution in [0.1, 0.15) is 43.9 Å². The number of benzene rings is 3. The third-order valence-electron chi connectivity index (χ3n) is 5.20. The first kappa shape index (κ1) is 29.9. The second-order valence-electron chi connectivity index (χ2n) is 8.69. The van der Waals surface area contributed by atoms with E-state index in [9.17, 15) is 0 Å². The molecule has 0 N–H and O–H groups in total. The van der Waals surface area contributed by atoms with Crippen molar-refractivity contribution in [1.82, 2.24) is 0 Å². The molecule has 34 heavy (non-hydrogen) atoms. The molecule has 0 heterocycles. The van der Waals surface area contributed by atoms with Gasteiger partial charge in [-0.2, -0.15) is 23.6 Å². The molecule has 1 aliphatic carbocycles. The number of hydrogen-bond acceptors (Lipinski definition) is 0. The molecule has 4 aromatic rings. The van der Waals surface area contributed by atoms with E-state index in [4.69, 9.17) is 0 Å². The van der Waals surface area contributed by atoms with E-state index in [0.717, 1.165) is 6.42 Å². The summed E-state index contributed by atoms with van der Waals surface area (Å²) in [6, 6.07) is 34.0. The van der Waals surface area contributed by atoms with Gasteiger partial charge in [0.1, 0.15) is 0 Å². The van der Waals surface area contributed by atoms with Crippen LogP contribution in [0.5, 0.6) is 0 Å². The van der Waals surface area contributed by atoms with E-state index < -0.39 is 0 Å². The summed E-state index contributed by atoms with van der Waals surface area (Å²) in [6.45, 7) is 6.80. The summed E-state index contributed by atoms with van der Waals surface area (Å²) in [7, 11) is 0. The molecule has 174 valence electrons. The molecule has 0 amide bonds. The van der Waals surface area contributed by atoms with Crippen LogP contribution in [0.25, 0.3) is 10.8 Å². The van der Waals surface area contributed by atoms with Gasteiger partial charge in [-0.3, -0.25) is 6.08 Å². The summed E-state index contributed by atoms with van der Waals surface area (Å²) in [5.41, 5.74) is 4.24. The largest absolute Gasteiger partial charge is 1.00 e. The predicted molar refractivity (Wildman–Crippen MR) is 136 cm³/mol. The Balaban J connectivity index is 0.000000299. The van der Waals surface area contributed by atoms with Crippen molar-refractivity contribution in [2.24, 2.45) is 0 Å². The molecule has 0 bridgehead atoms. The van der Waals surface area contributed by atoms with Crippen molar-refractivity contribution in [3.05, 3.63) is 138 Å². The minimum Gasteiger partial charge on any atom is -1.00 e. The molecule has 0 fully saturated rings. The Hall–Kier alpha value is -2.09. The fraction of sp³-hybridized carbons (Fsp3) is 0.161. The van der Waals surface area contributed by atoms with E-state index in [2.05, 4.69) is 150 Å². The van der Waals surface area contributed by atoms with Crippen molar-refractivity contribution < 1.29 is 44.8 Å². The SMILES string of the molecule is CC(C)(C)c1ccccc1[C](=[Ti+2])c1ccccc1.[C-]1=CC=CC1.[Cl-].[Cl-].c1ccc2[cH-]ccc2c1. The topological polar surface area (TPSA) is 0 Å². The van der Waals surface area contributed by atoms with Gasteiger partial charge < -0.3 is 24.8 Å². The quantitative estimate of drug-likeness (QED) is 0.280. The van der Waals surface area contributed by atoms with Crippen LogP contribution >= 0.6 is 0 Å². The Kier molecular flexibility index (Phi) is 13.2. The molecule has 1 aliphatic rings. The van der Waals surface area contributed by atoms with Gasteiger partial charge in [-0.1, -0.05) is 6.07 Å². The van der Waals surface area contributed by atoms with Crippen molar-refractivity contribution in [3.8, 4) is 0 Å². The molecule has 0 aliphatic heterocycles. The summed E-state index contributed by atoms with van der Waals surface area (Å²) in [6.07, 6.45) is 10.0. The second-order valence-corrected chi connectivity index (χ2v) is 9.48. The molecular formula is C31H30Cl2Ti-2. The minimum absolute atomic E-state index is 0. The molecule has 0 radical (unpaired) electrons. The Morgan fingerprint density at radius 2 is 1.47 bits per heavy atom. The zero-order chi connectivity index (χ0) is 22.8. The van der Waals surface area contributed by atoms with E-state index in [1.807, 2.05) is 12.2 Å². The van der Waals surface area contributed by atoms with E-state index in [1.165, 1.54) is 31.3 Å². The first-order valence-corrected chi connectivity index (χ1v) is 11.8. The average Bonchev–Trinajstić information content (AvgIpc) is 3.54. The van der Waals surface area contributed by atoms with Crippen LogP contribution in [0.2, 0.25) is 0 Å². The van der Waals surface area contributed by atoms with Crippen LogP contribution in [0.15, 0.2) is 115 Å². The van der Waals surface area contributed by atoms with Crippen LogP contribution in [-0.4, -0.2) is 3.81 Å². The van der Waals surface area contributed by atoms with Crippen molar-refractivity contribution in [1.29, 1.82) is 0 Å². The van der Waals surface area contributed by atoms with Gasteiger partial charge in [-0.05, 0) is 0 Å². The number of halogens is 2. The predicted octanol–water partition coefficient (Wildman–Crippen LogP) is 1.97. The van der Waals surface area contributed by atoms with Gasteiger partial charge in [0.05, 0.1) is 0 Å². The van der Waals surface area contributed by atoms with Gasteiger partial charge in [0.2, 0.25) is 0 Å². The normalized spacial score (nSPS) is 11.3. The smallest absolute Gasteiger partial charge is 0.0809 e. The Labute approximate surface area is 228 Å². The van der Waals surface area contributed by atoms with E-state index >= 15 is 0 Å². The maximum absolute atomic E-state index is 2.99. The molecule has 5 rings (SSSR count). The van der Waals surface area contributed by atoms with E-state index in [-0.39, 0.29) is 30.2 Å². The van der Waals surface area contributed by atoms with Crippen molar-refractivity contribution in [3.63, 3.8) is 0 Å². The molecule has 0 atom stereocenters. The van der Waals surface area contributed by atoms with Crippen LogP contribution < -0.4 is 24.8 Å². The van der Waals surface area contributed by atoms with Gasteiger partial charge in [-0.25, -0.2) is 12.2 Å². The number of hydrogen-bond donors (Lipinski definition) is 0. The molecule has 3 heteroatoms. The van der Waals surface area contributed by atoms with Crippen LogP contribution in [0, 0.1) is 6.08 Å². The Bertz CT molecular complexity index is 1150. The minimum atomic E-state index is 0. The van der Waals surface area contributed by atoms with Gasteiger partial charge in [-0.15, -0.1) is 36.1 Å². The van der Waals surface area contributed by atoms with Crippen molar-refractivity contribution >= 4 is 14.6 Å². The summed E-state index contributed by atoms with van der Waals surface area (Å²) >= 11 is 2.21. The van der Waals surface area contributed by atoms with Gasteiger partial charge in [0, 0.05) is 0 Å². The fourth-order valence-electron chi connectivity index (χ4n) is 3.53. The number of allylic oxidation sites excluding steroid dienone is 4. The zero-order valence-corrected chi connectivity index (χ0v) is 23.0. The monoisotopic (exact) mass is 520 g/mol. The maximum Gasteiger partial charge on any atom is -0.0809 e. The summed E-state index contributed by atoms with van der Waals surface area (Å²) < 4.78 is 1.35. The Morgan fingerprint density at radius 3 is 2.06 bits per heavy atom. The third-order valence-corrected chi connectivity index (χ3v) is 6.07. The molecule has 4 aromatic carbocycles. The van der Waals surface area contributed by atoms with Crippen molar-refractivity contribution in [2.75, 3.05) is 0 Å². The van der Waals surface area contributed by atoms with Crippen LogP contribution in [-0.2, 0) is 25.4 Å². The standard InChI is InChI=1S/C17H18.C9H7.C5H5.2ClH.Ti/c1-17(2,3)16-12-8-7-11-15(16)13-14-9-5-4-6-10-14;1-2-5-9-7-3-6-8(9)4-1;1-2-4-5-3-1;;;/h4-12H,1-3H3;1-7H;1-3H,4H2;2*1H;/q;2*-1;;;+2/p-2. The molecule has 0 aromatic heterocycles. The van der Waals surface area contributed by atoms with Gasteiger partial charge in [0.25, 0.3) is 0 Å². The van der Waals surface area contributed by atoms with Gasteiger partial charge in [0.15, 0.2) is 0 Å². The van der Waals surface area contributed by atoms with Crippen molar-refractivity contribution in [2.45, 2.75) is 32.6 Å². The maximum atomic E-state index is 2.99. The summed E-state index contributed by atoms with van der Waals surface area (Å²) in [4.78, 5) is 0. The molecule has 0 nitrogen and oxygen atoms in total.